The number of hydrogen-bond acceptors (Lipinski definition) is 5. The van der Waals surface area contributed by atoms with Gasteiger partial charge in [0.15, 0.2) is 0 Å². The van der Waals surface area contributed by atoms with E-state index in [1.54, 1.807) is 0 Å². The molecule has 5 heteroatoms. The van der Waals surface area contributed by atoms with Crippen molar-refractivity contribution in [3.05, 3.63) is 5.82 Å². The predicted octanol–water partition coefficient (Wildman–Crippen LogP) is 3.94. The molecule has 1 aliphatic rings. The van der Waals surface area contributed by atoms with Gasteiger partial charge in [-0.3, -0.25) is 0 Å². The van der Waals surface area contributed by atoms with Gasteiger partial charge in [-0.1, -0.05) is 24.4 Å². The Balaban J connectivity index is 2.08. The van der Waals surface area contributed by atoms with Gasteiger partial charge in [-0.2, -0.15) is 4.98 Å². The normalized spacial score (nSPS) is 19.0. The van der Waals surface area contributed by atoms with Gasteiger partial charge in [0.05, 0.1) is 0 Å². The molecule has 0 saturated heterocycles. The van der Waals surface area contributed by atoms with Gasteiger partial charge in [0.2, 0.25) is 5.82 Å². The number of ether oxygens (including phenoxy) is 1. The molecule has 5 nitrogen and oxygen atoms in total. The molecular weight excluding hydrogens is 254 g/mol. The lowest BCUT2D eigenvalue weighted by atomic mass is 9.85. The maximum absolute atomic E-state index is 5.90. The van der Waals surface area contributed by atoms with Crippen LogP contribution >= 0.6 is 0 Å². The third kappa shape index (κ3) is 4.20. The fourth-order valence-electron chi connectivity index (χ4n) is 2.76. The quantitative estimate of drug-likeness (QED) is 0.885. The van der Waals surface area contributed by atoms with Crippen LogP contribution < -0.4 is 5.32 Å². The molecule has 1 aromatic heterocycles. The van der Waals surface area contributed by atoms with Crippen LogP contribution in [-0.4, -0.2) is 22.3 Å². The molecule has 0 aliphatic heterocycles. The maximum Gasteiger partial charge on any atom is 0.321 e. The topological polar surface area (TPSA) is 60.2 Å². The lowest BCUT2D eigenvalue weighted by Crippen LogP contribution is -2.26. The Morgan fingerprint density at radius 3 is 2.60 bits per heavy atom. The van der Waals surface area contributed by atoms with Crippen molar-refractivity contribution in [3.63, 3.8) is 0 Å². The summed E-state index contributed by atoms with van der Waals surface area (Å²) in [5.74, 6) is 1.20. The van der Waals surface area contributed by atoms with E-state index in [1.165, 1.54) is 32.1 Å². The van der Waals surface area contributed by atoms with Crippen molar-refractivity contribution in [3.8, 4) is 0 Å². The SMILES string of the molecule is CCOC(c1noc(NC(C)(C)C)n1)C1CCCCC1. The monoisotopic (exact) mass is 281 g/mol. The molecule has 1 N–H and O–H groups in total. The summed E-state index contributed by atoms with van der Waals surface area (Å²) in [5.41, 5.74) is -0.0875. The van der Waals surface area contributed by atoms with Crippen LogP contribution in [-0.2, 0) is 4.74 Å². The average molecular weight is 281 g/mol. The van der Waals surface area contributed by atoms with Crippen molar-refractivity contribution in [2.75, 3.05) is 11.9 Å². The zero-order chi connectivity index (χ0) is 14.6. The number of nitrogens with zero attached hydrogens (tertiary/aromatic N) is 2. The molecule has 0 spiro atoms. The summed E-state index contributed by atoms with van der Waals surface area (Å²) in [6, 6.07) is 0.480. The fraction of sp³-hybridized carbons (Fsp3) is 0.867. The van der Waals surface area contributed by atoms with Gasteiger partial charge in [0.25, 0.3) is 0 Å². The molecule has 1 aromatic rings. The largest absolute Gasteiger partial charge is 0.370 e. The first-order chi connectivity index (χ1) is 9.49. The summed E-state index contributed by atoms with van der Waals surface area (Å²) in [4.78, 5) is 4.48. The third-order valence-corrected chi connectivity index (χ3v) is 3.60. The number of nitrogens with one attached hydrogen (secondary N) is 1. The van der Waals surface area contributed by atoms with Crippen LogP contribution in [0.2, 0.25) is 0 Å². The number of hydrogen-bond donors (Lipinski definition) is 1. The Kier molecular flexibility index (Phi) is 5.02. The van der Waals surface area contributed by atoms with E-state index < -0.39 is 0 Å². The van der Waals surface area contributed by atoms with Crippen LogP contribution in [0.5, 0.6) is 0 Å². The van der Waals surface area contributed by atoms with Crippen molar-refractivity contribution in [2.45, 2.75) is 71.4 Å². The van der Waals surface area contributed by atoms with E-state index in [9.17, 15) is 0 Å². The predicted molar refractivity (Wildman–Crippen MR) is 78.6 cm³/mol. The van der Waals surface area contributed by atoms with E-state index in [1.807, 2.05) is 6.92 Å². The fourth-order valence-corrected chi connectivity index (χ4v) is 2.76. The number of rotatable bonds is 5. The summed E-state index contributed by atoms with van der Waals surface area (Å²) in [5, 5.41) is 7.33. The minimum Gasteiger partial charge on any atom is -0.370 e. The molecule has 1 unspecified atom stereocenters. The zero-order valence-electron chi connectivity index (χ0n) is 13.1. The van der Waals surface area contributed by atoms with Crippen LogP contribution in [0, 0.1) is 5.92 Å². The Morgan fingerprint density at radius 2 is 2.00 bits per heavy atom. The average Bonchev–Trinajstić information content (AvgIpc) is 2.83. The van der Waals surface area contributed by atoms with E-state index in [0.717, 1.165) is 0 Å². The van der Waals surface area contributed by atoms with Crippen molar-refractivity contribution in [1.29, 1.82) is 0 Å². The number of anilines is 1. The summed E-state index contributed by atoms with van der Waals surface area (Å²) in [7, 11) is 0. The van der Waals surface area contributed by atoms with Crippen molar-refractivity contribution in [1.82, 2.24) is 10.1 Å². The van der Waals surface area contributed by atoms with Gasteiger partial charge in [-0.15, -0.1) is 0 Å². The van der Waals surface area contributed by atoms with Gasteiger partial charge < -0.3 is 14.6 Å². The zero-order valence-corrected chi connectivity index (χ0v) is 13.1. The standard InChI is InChI=1S/C15H27N3O2/c1-5-19-12(11-9-7-6-8-10-11)13-16-14(20-18-13)17-15(2,3)4/h11-12H,5-10H2,1-4H3,(H,16,17,18). The first-order valence-corrected chi connectivity index (χ1v) is 7.73. The van der Waals surface area contributed by atoms with Crippen molar-refractivity contribution >= 4 is 6.01 Å². The van der Waals surface area contributed by atoms with E-state index in [-0.39, 0.29) is 11.6 Å². The molecule has 0 bridgehead atoms. The minimum atomic E-state index is -0.0875. The molecule has 0 aromatic carbocycles. The highest BCUT2D eigenvalue weighted by atomic mass is 16.5. The van der Waals surface area contributed by atoms with Gasteiger partial charge in [0, 0.05) is 12.1 Å². The molecule has 2 rings (SSSR count). The molecule has 20 heavy (non-hydrogen) atoms. The molecule has 1 saturated carbocycles. The molecule has 1 aliphatic carbocycles. The van der Waals surface area contributed by atoms with Crippen molar-refractivity contribution in [2.24, 2.45) is 5.92 Å². The molecule has 0 radical (unpaired) electrons. The molecule has 1 heterocycles. The highest BCUT2D eigenvalue weighted by molar-refractivity contribution is 5.23. The van der Waals surface area contributed by atoms with Crippen LogP contribution in [0.15, 0.2) is 4.52 Å². The Hall–Kier alpha value is -1.10. The second kappa shape index (κ2) is 6.57. The Morgan fingerprint density at radius 1 is 1.30 bits per heavy atom. The van der Waals surface area contributed by atoms with Crippen molar-refractivity contribution < 1.29 is 9.26 Å². The second-order valence-corrected chi connectivity index (χ2v) is 6.61. The molecule has 1 fully saturated rings. The van der Waals surface area contributed by atoms with Gasteiger partial charge >= 0.3 is 6.01 Å². The van der Waals surface area contributed by atoms with Crippen LogP contribution in [0.3, 0.4) is 0 Å². The van der Waals surface area contributed by atoms with E-state index >= 15 is 0 Å². The van der Waals surface area contributed by atoms with E-state index in [2.05, 4.69) is 36.2 Å². The summed E-state index contributed by atoms with van der Waals surface area (Å²) in [6.07, 6.45) is 6.25. The maximum atomic E-state index is 5.90. The van der Waals surface area contributed by atoms with Crippen LogP contribution in [0.4, 0.5) is 6.01 Å². The van der Waals surface area contributed by atoms with E-state index in [4.69, 9.17) is 9.26 Å². The Bertz CT molecular complexity index is 405. The van der Waals surface area contributed by atoms with Crippen LogP contribution in [0.25, 0.3) is 0 Å². The summed E-state index contributed by atoms with van der Waals surface area (Å²) >= 11 is 0. The third-order valence-electron chi connectivity index (χ3n) is 3.60. The van der Waals surface area contributed by atoms with Gasteiger partial charge in [-0.05, 0) is 46.5 Å². The lowest BCUT2D eigenvalue weighted by molar-refractivity contribution is -0.00145. The van der Waals surface area contributed by atoms with Crippen LogP contribution in [0.1, 0.15) is 71.7 Å². The first-order valence-electron chi connectivity index (χ1n) is 7.73. The number of aromatic nitrogens is 2. The Labute approximate surface area is 121 Å². The molecule has 0 amide bonds. The van der Waals surface area contributed by atoms with Gasteiger partial charge in [0.1, 0.15) is 6.10 Å². The molecule has 114 valence electrons. The summed E-state index contributed by atoms with van der Waals surface area (Å²) in [6.45, 7) is 8.90. The highest BCUT2D eigenvalue weighted by Crippen LogP contribution is 2.36. The summed E-state index contributed by atoms with van der Waals surface area (Å²) < 4.78 is 11.2. The molecular formula is C15H27N3O2. The lowest BCUT2D eigenvalue weighted by Gasteiger charge is -2.27. The first kappa shape index (κ1) is 15.3. The smallest absolute Gasteiger partial charge is 0.321 e. The van der Waals surface area contributed by atoms with Gasteiger partial charge in [-0.25, -0.2) is 0 Å². The second-order valence-electron chi connectivity index (χ2n) is 6.61. The highest BCUT2D eigenvalue weighted by Gasteiger charge is 2.30. The van der Waals surface area contributed by atoms with E-state index in [0.29, 0.717) is 24.4 Å². The minimum absolute atomic E-state index is 0.0282. The molecule has 1 atom stereocenters.